The maximum Gasteiger partial charge on any atom is 0.189 e. The summed E-state index contributed by atoms with van der Waals surface area (Å²) in [6.45, 7) is 0. The topological polar surface area (TPSA) is 38.7 Å². The first kappa shape index (κ1) is 13.0. The van der Waals surface area contributed by atoms with Gasteiger partial charge in [0, 0.05) is 5.39 Å². The number of benzene rings is 1. The third kappa shape index (κ3) is 2.16. The minimum atomic E-state index is 0.647. The summed E-state index contributed by atoms with van der Waals surface area (Å²) in [7, 11) is 0. The van der Waals surface area contributed by atoms with E-state index in [2.05, 4.69) is 15.0 Å². The highest BCUT2D eigenvalue weighted by molar-refractivity contribution is 7.99. The molecule has 6 heteroatoms. The second kappa shape index (κ2) is 5.15. The molecule has 0 aliphatic heterocycles. The zero-order chi connectivity index (χ0) is 13.4. The lowest BCUT2D eigenvalue weighted by atomic mass is 10.2. The Kier molecular flexibility index (Phi) is 3.52. The fraction of sp³-hybridized carbons (Fsp3) is 0.154. The van der Waals surface area contributed by atoms with E-state index < -0.39 is 0 Å². The molecule has 0 spiro atoms. The number of hydrogen-bond acceptors (Lipinski definition) is 5. The van der Waals surface area contributed by atoms with Crippen LogP contribution in [0.15, 0.2) is 34.4 Å². The molecule has 0 aliphatic rings. The van der Waals surface area contributed by atoms with Gasteiger partial charge >= 0.3 is 0 Å². The number of rotatable bonds is 2. The molecule has 0 fully saturated rings. The molecular formula is C13H10ClN3S2. The first-order chi connectivity index (χ1) is 9.24. The van der Waals surface area contributed by atoms with E-state index >= 15 is 0 Å². The average molecular weight is 308 g/mol. The van der Waals surface area contributed by atoms with Gasteiger partial charge in [0.05, 0.1) is 10.5 Å². The Balaban J connectivity index is 2.50. The molecule has 0 unspecified atom stereocenters. The van der Waals surface area contributed by atoms with Crippen molar-refractivity contribution < 1.29 is 0 Å². The SMILES string of the molecule is CSc1nc(SC)c2nc3ccccc3c(Cl)c2n1. The average Bonchev–Trinajstić information content (AvgIpc) is 2.47. The van der Waals surface area contributed by atoms with Crippen LogP contribution in [0.3, 0.4) is 0 Å². The lowest BCUT2D eigenvalue weighted by Gasteiger charge is -2.08. The van der Waals surface area contributed by atoms with Crippen molar-refractivity contribution in [2.45, 2.75) is 10.2 Å². The number of aromatic nitrogens is 3. The number of thioether (sulfide) groups is 2. The maximum absolute atomic E-state index is 6.48. The van der Waals surface area contributed by atoms with Gasteiger partial charge in [-0.25, -0.2) is 15.0 Å². The lowest BCUT2D eigenvalue weighted by molar-refractivity contribution is 0.928. The van der Waals surface area contributed by atoms with Crippen LogP contribution >= 0.6 is 35.1 Å². The van der Waals surface area contributed by atoms with Crippen LogP contribution in [0.1, 0.15) is 0 Å². The van der Waals surface area contributed by atoms with E-state index in [1.54, 1.807) is 11.8 Å². The van der Waals surface area contributed by atoms with Crippen LogP contribution in [0, 0.1) is 0 Å². The van der Waals surface area contributed by atoms with Crippen molar-refractivity contribution in [3.05, 3.63) is 29.3 Å². The molecule has 0 amide bonds. The molecule has 2 heterocycles. The number of hydrogen-bond donors (Lipinski definition) is 0. The molecule has 3 nitrogen and oxygen atoms in total. The van der Waals surface area contributed by atoms with Crippen molar-refractivity contribution in [1.29, 1.82) is 0 Å². The van der Waals surface area contributed by atoms with Crippen molar-refractivity contribution in [2.75, 3.05) is 12.5 Å². The standard InChI is InChI=1S/C13H10ClN3S2/c1-18-12-11-10(16-13(17-12)19-2)9(14)7-5-3-4-6-8(7)15-11/h3-6H,1-2H3. The Hall–Kier alpha value is -1.04. The minimum absolute atomic E-state index is 0.647. The number of halogens is 1. The number of nitrogens with zero attached hydrogens (tertiary/aromatic N) is 3. The van der Waals surface area contributed by atoms with Gasteiger partial charge in [0.2, 0.25) is 0 Å². The summed E-state index contributed by atoms with van der Waals surface area (Å²) in [6, 6.07) is 7.82. The van der Waals surface area contributed by atoms with Crippen LogP contribution < -0.4 is 0 Å². The zero-order valence-corrected chi connectivity index (χ0v) is 12.7. The van der Waals surface area contributed by atoms with E-state index in [4.69, 9.17) is 11.6 Å². The fourth-order valence-electron chi connectivity index (χ4n) is 1.91. The molecule has 3 rings (SSSR count). The molecule has 3 aromatic rings. The molecule has 0 saturated carbocycles. The quantitative estimate of drug-likeness (QED) is 0.306. The molecule has 96 valence electrons. The van der Waals surface area contributed by atoms with Crippen LogP contribution in [0.2, 0.25) is 5.02 Å². The van der Waals surface area contributed by atoms with Crippen LogP contribution in [-0.2, 0) is 0 Å². The van der Waals surface area contributed by atoms with Crippen LogP contribution in [0.4, 0.5) is 0 Å². The molecule has 2 aromatic heterocycles. The molecule has 0 saturated heterocycles. The summed E-state index contributed by atoms with van der Waals surface area (Å²) in [5.41, 5.74) is 2.37. The smallest absolute Gasteiger partial charge is 0.189 e. The summed E-state index contributed by atoms with van der Waals surface area (Å²) in [6.07, 6.45) is 3.93. The van der Waals surface area contributed by atoms with E-state index in [1.807, 2.05) is 36.8 Å². The van der Waals surface area contributed by atoms with Crippen molar-refractivity contribution in [2.24, 2.45) is 0 Å². The second-order valence-corrected chi connectivity index (χ2v) is 5.81. The van der Waals surface area contributed by atoms with Gasteiger partial charge in [-0.2, -0.15) is 0 Å². The van der Waals surface area contributed by atoms with Gasteiger partial charge in [0.25, 0.3) is 0 Å². The molecule has 19 heavy (non-hydrogen) atoms. The predicted molar refractivity (Wildman–Crippen MR) is 83.4 cm³/mol. The van der Waals surface area contributed by atoms with Crippen molar-refractivity contribution in [1.82, 2.24) is 15.0 Å². The van der Waals surface area contributed by atoms with Crippen molar-refractivity contribution in [3.63, 3.8) is 0 Å². The van der Waals surface area contributed by atoms with Gasteiger partial charge in [0.1, 0.15) is 16.1 Å². The van der Waals surface area contributed by atoms with E-state index in [0.717, 1.165) is 32.1 Å². The van der Waals surface area contributed by atoms with E-state index in [0.29, 0.717) is 5.02 Å². The largest absolute Gasteiger partial charge is 0.243 e. The van der Waals surface area contributed by atoms with Crippen LogP contribution in [0.25, 0.3) is 21.9 Å². The molecule has 0 aliphatic carbocycles. The normalized spacial score (nSPS) is 11.3. The van der Waals surface area contributed by atoms with E-state index in [-0.39, 0.29) is 0 Å². The highest BCUT2D eigenvalue weighted by atomic mass is 35.5. The van der Waals surface area contributed by atoms with Gasteiger partial charge in [-0.05, 0) is 18.6 Å². The highest BCUT2D eigenvalue weighted by Gasteiger charge is 2.14. The van der Waals surface area contributed by atoms with Crippen molar-refractivity contribution in [3.8, 4) is 0 Å². The number of para-hydroxylation sites is 1. The van der Waals surface area contributed by atoms with Crippen LogP contribution in [0.5, 0.6) is 0 Å². The minimum Gasteiger partial charge on any atom is -0.243 e. The Bertz CT molecular complexity index is 777. The summed E-state index contributed by atoms with van der Waals surface area (Å²) in [5.74, 6) is 0. The predicted octanol–water partition coefficient (Wildman–Crippen LogP) is 4.28. The molecule has 1 aromatic carbocycles. The maximum atomic E-state index is 6.48. The Morgan fingerprint density at radius 3 is 2.47 bits per heavy atom. The van der Waals surface area contributed by atoms with Crippen molar-refractivity contribution >= 4 is 57.1 Å². The summed E-state index contributed by atoms with van der Waals surface area (Å²) >= 11 is 9.55. The summed E-state index contributed by atoms with van der Waals surface area (Å²) in [5, 5.41) is 3.15. The zero-order valence-electron chi connectivity index (χ0n) is 10.3. The van der Waals surface area contributed by atoms with Gasteiger partial charge in [-0.1, -0.05) is 41.6 Å². The number of fused-ring (bicyclic) bond motifs is 2. The van der Waals surface area contributed by atoms with Gasteiger partial charge in [0.15, 0.2) is 5.16 Å². The van der Waals surface area contributed by atoms with Gasteiger partial charge < -0.3 is 0 Å². The first-order valence-corrected chi connectivity index (χ1v) is 8.41. The van der Waals surface area contributed by atoms with Gasteiger partial charge in [-0.15, -0.1) is 11.8 Å². The third-order valence-corrected chi connectivity index (χ3v) is 4.39. The lowest BCUT2D eigenvalue weighted by Crippen LogP contribution is -1.95. The molecule has 0 atom stereocenters. The molecule has 0 N–H and O–H groups in total. The van der Waals surface area contributed by atoms with Crippen LogP contribution in [-0.4, -0.2) is 27.5 Å². The van der Waals surface area contributed by atoms with E-state index in [1.165, 1.54) is 11.8 Å². The second-order valence-electron chi connectivity index (χ2n) is 3.86. The first-order valence-electron chi connectivity index (χ1n) is 5.58. The monoisotopic (exact) mass is 307 g/mol. The molecule has 0 bridgehead atoms. The highest BCUT2D eigenvalue weighted by Crippen LogP contribution is 2.33. The fourth-order valence-corrected chi connectivity index (χ4v) is 3.13. The van der Waals surface area contributed by atoms with Gasteiger partial charge in [-0.3, -0.25) is 0 Å². The summed E-state index contributed by atoms with van der Waals surface area (Å²) in [4.78, 5) is 13.6. The molecular weight excluding hydrogens is 298 g/mol. The number of pyridine rings is 1. The van der Waals surface area contributed by atoms with E-state index in [9.17, 15) is 0 Å². The molecule has 0 radical (unpaired) electrons. The Morgan fingerprint density at radius 1 is 0.947 bits per heavy atom. The third-order valence-electron chi connectivity index (χ3n) is 2.79. The Labute approximate surface area is 124 Å². The summed E-state index contributed by atoms with van der Waals surface area (Å²) < 4.78 is 0. The Morgan fingerprint density at radius 2 is 1.74 bits per heavy atom.